The molecular weight excluding hydrogens is 230 g/mol. The van der Waals surface area contributed by atoms with E-state index in [1.807, 2.05) is 25.2 Å². The van der Waals surface area contributed by atoms with Crippen LogP contribution in [0.25, 0.3) is 10.4 Å². The number of rotatable bonds is 1. The van der Waals surface area contributed by atoms with Crippen LogP contribution in [0, 0.1) is 0 Å². The van der Waals surface area contributed by atoms with E-state index in [1.54, 1.807) is 16.2 Å². The van der Waals surface area contributed by atoms with Crippen LogP contribution in [0.5, 0.6) is 0 Å². The summed E-state index contributed by atoms with van der Waals surface area (Å²) in [6.07, 6.45) is 0. The van der Waals surface area contributed by atoms with Crippen molar-refractivity contribution >= 4 is 17.2 Å². The van der Waals surface area contributed by atoms with E-state index in [0.717, 1.165) is 11.1 Å². The molecule has 0 fully saturated rings. The van der Waals surface area contributed by atoms with Gasteiger partial charge in [-0.25, -0.2) is 0 Å². The van der Waals surface area contributed by atoms with Gasteiger partial charge in [0.05, 0.1) is 6.04 Å². The Kier molecular flexibility index (Phi) is 2.30. The lowest BCUT2D eigenvalue weighted by Crippen LogP contribution is -2.20. The lowest BCUT2D eigenvalue weighted by molar-refractivity contribution is 0.0784. The zero-order valence-electron chi connectivity index (χ0n) is 9.81. The van der Waals surface area contributed by atoms with Crippen LogP contribution in [0.2, 0.25) is 0 Å². The Morgan fingerprint density at radius 1 is 1.29 bits per heavy atom. The Labute approximate surface area is 105 Å². The largest absolute Gasteiger partial charge is 0.335 e. The van der Waals surface area contributed by atoms with E-state index in [4.69, 9.17) is 0 Å². The molecule has 0 aliphatic carbocycles. The minimum Gasteiger partial charge on any atom is -0.335 e. The van der Waals surface area contributed by atoms with Crippen molar-refractivity contribution in [2.45, 2.75) is 13.0 Å². The van der Waals surface area contributed by atoms with Crippen molar-refractivity contribution < 1.29 is 4.79 Å². The topological polar surface area (TPSA) is 20.3 Å². The molecule has 3 heteroatoms. The van der Waals surface area contributed by atoms with E-state index in [2.05, 4.69) is 24.4 Å². The molecule has 1 aromatic heterocycles. The predicted octanol–water partition coefficient (Wildman–Crippen LogP) is 3.56. The highest BCUT2D eigenvalue weighted by molar-refractivity contribution is 7.13. The summed E-state index contributed by atoms with van der Waals surface area (Å²) in [4.78, 5) is 15.0. The van der Waals surface area contributed by atoms with Gasteiger partial charge in [0.1, 0.15) is 0 Å². The van der Waals surface area contributed by atoms with Gasteiger partial charge in [0, 0.05) is 17.5 Å². The summed E-state index contributed by atoms with van der Waals surface area (Å²) in [5.41, 5.74) is 3.19. The lowest BCUT2D eigenvalue weighted by Gasteiger charge is -2.15. The van der Waals surface area contributed by atoms with Crippen LogP contribution in [-0.4, -0.2) is 17.9 Å². The van der Waals surface area contributed by atoms with Crippen LogP contribution in [0.15, 0.2) is 35.7 Å². The SMILES string of the molecule is CC1c2cc(-c3cccs3)ccc2C(=O)N1C. The summed E-state index contributed by atoms with van der Waals surface area (Å²) < 4.78 is 0. The number of benzene rings is 1. The molecule has 17 heavy (non-hydrogen) atoms. The summed E-state index contributed by atoms with van der Waals surface area (Å²) in [6, 6.07) is 10.5. The number of hydrogen-bond donors (Lipinski definition) is 0. The maximum atomic E-state index is 11.9. The molecule has 1 aliphatic heterocycles. The maximum Gasteiger partial charge on any atom is 0.254 e. The van der Waals surface area contributed by atoms with Crippen LogP contribution >= 0.6 is 11.3 Å². The fourth-order valence-corrected chi connectivity index (χ4v) is 3.00. The molecule has 1 aliphatic rings. The molecule has 3 rings (SSSR count). The first-order valence-electron chi connectivity index (χ1n) is 5.63. The zero-order chi connectivity index (χ0) is 12.0. The third kappa shape index (κ3) is 1.50. The van der Waals surface area contributed by atoms with Crippen molar-refractivity contribution in [1.29, 1.82) is 0 Å². The molecule has 0 saturated heterocycles. The minimum atomic E-state index is 0.130. The smallest absolute Gasteiger partial charge is 0.254 e. The van der Waals surface area contributed by atoms with Gasteiger partial charge in [0.25, 0.3) is 5.91 Å². The van der Waals surface area contributed by atoms with Crippen LogP contribution in [0.3, 0.4) is 0 Å². The summed E-state index contributed by atoms with van der Waals surface area (Å²) in [5.74, 6) is 0.130. The summed E-state index contributed by atoms with van der Waals surface area (Å²) in [7, 11) is 1.86. The number of thiophene rings is 1. The number of fused-ring (bicyclic) bond motifs is 1. The quantitative estimate of drug-likeness (QED) is 0.750. The van der Waals surface area contributed by atoms with Gasteiger partial charge >= 0.3 is 0 Å². The molecule has 0 saturated carbocycles. The second-order valence-corrected chi connectivity index (χ2v) is 5.32. The Balaban J connectivity index is 2.13. The molecule has 1 amide bonds. The Hall–Kier alpha value is -1.61. The summed E-state index contributed by atoms with van der Waals surface area (Å²) >= 11 is 1.73. The van der Waals surface area contributed by atoms with Gasteiger partial charge in [-0.15, -0.1) is 11.3 Å². The van der Waals surface area contributed by atoms with Gasteiger partial charge in [-0.05, 0) is 41.6 Å². The monoisotopic (exact) mass is 243 g/mol. The van der Waals surface area contributed by atoms with Crippen molar-refractivity contribution in [2.75, 3.05) is 7.05 Å². The number of nitrogens with zero attached hydrogens (tertiary/aromatic N) is 1. The third-order valence-electron chi connectivity index (χ3n) is 3.44. The van der Waals surface area contributed by atoms with Crippen molar-refractivity contribution in [2.24, 2.45) is 0 Å². The molecular formula is C14H13NOS. The molecule has 1 unspecified atom stereocenters. The van der Waals surface area contributed by atoms with Gasteiger partial charge in [0.15, 0.2) is 0 Å². The van der Waals surface area contributed by atoms with E-state index >= 15 is 0 Å². The van der Waals surface area contributed by atoms with Gasteiger partial charge in [0.2, 0.25) is 0 Å². The number of carbonyl (C=O) groups excluding carboxylic acids is 1. The van der Waals surface area contributed by atoms with E-state index in [-0.39, 0.29) is 11.9 Å². The highest BCUT2D eigenvalue weighted by Crippen LogP contribution is 2.35. The van der Waals surface area contributed by atoms with Crippen LogP contribution in [0.1, 0.15) is 28.9 Å². The maximum absolute atomic E-state index is 11.9. The van der Waals surface area contributed by atoms with E-state index in [0.29, 0.717) is 0 Å². The van der Waals surface area contributed by atoms with Gasteiger partial charge in [-0.3, -0.25) is 4.79 Å². The van der Waals surface area contributed by atoms with Crippen molar-refractivity contribution in [3.05, 3.63) is 46.8 Å². The van der Waals surface area contributed by atoms with Crippen molar-refractivity contribution in [1.82, 2.24) is 4.90 Å². The summed E-state index contributed by atoms with van der Waals surface area (Å²) in [6.45, 7) is 2.07. The molecule has 1 atom stereocenters. The average molecular weight is 243 g/mol. The van der Waals surface area contributed by atoms with Gasteiger partial charge in [-0.2, -0.15) is 0 Å². The second-order valence-electron chi connectivity index (χ2n) is 4.37. The number of amides is 1. The molecule has 2 nitrogen and oxygen atoms in total. The molecule has 0 N–H and O–H groups in total. The number of carbonyl (C=O) groups is 1. The molecule has 0 bridgehead atoms. The molecule has 2 heterocycles. The first kappa shape index (κ1) is 10.5. The van der Waals surface area contributed by atoms with Crippen LogP contribution < -0.4 is 0 Å². The molecule has 0 spiro atoms. The average Bonchev–Trinajstić information content (AvgIpc) is 2.94. The second kappa shape index (κ2) is 3.70. The summed E-state index contributed by atoms with van der Waals surface area (Å²) in [5, 5.41) is 2.07. The fraction of sp³-hybridized carbons (Fsp3) is 0.214. The lowest BCUT2D eigenvalue weighted by atomic mass is 10.0. The zero-order valence-corrected chi connectivity index (χ0v) is 10.6. The standard InChI is InChI=1S/C14H13NOS/c1-9-12-8-10(13-4-3-7-17-13)5-6-11(12)14(16)15(9)2/h3-9H,1-2H3. The van der Waals surface area contributed by atoms with E-state index in [1.165, 1.54) is 10.4 Å². The third-order valence-corrected chi connectivity index (χ3v) is 4.36. The van der Waals surface area contributed by atoms with E-state index in [9.17, 15) is 4.79 Å². The van der Waals surface area contributed by atoms with Gasteiger partial charge in [-0.1, -0.05) is 12.1 Å². The van der Waals surface area contributed by atoms with Crippen molar-refractivity contribution in [3.8, 4) is 10.4 Å². The highest BCUT2D eigenvalue weighted by Gasteiger charge is 2.30. The highest BCUT2D eigenvalue weighted by atomic mass is 32.1. The molecule has 86 valence electrons. The Morgan fingerprint density at radius 2 is 2.12 bits per heavy atom. The van der Waals surface area contributed by atoms with E-state index < -0.39 is 0 Å². The van der Waals surface area contributed by atoms with Crippen LogP contribution in [-0.2, 0) is 0 Å². The predicted molar refractivity (Wildman–Crippen MR) is 70.3 cm³/mol. The number of hydrogen-bond acceptors (Lipinski definition) is 2. The fourth-order valence-electron chi connectivity index (χ4n) is 2.27. The molecule has 1 aromatic carbocycles. The van der Waals surface area contributed by atoms with Gasteiger partial charge < -0.3 is 4.90 Å². The van der Waals surface area contributed by atoms with Crippen molar-refractivity contribution in [3.63, 3.8) is 0 Å². The first-order valence-corrected chi connectivity index (χ1v) is 6.51. The Morgan fingerprint density at radius 3 is 2.82 bits per heavy atom. The van der Waals surface area contributed by atoms with Crippen LogP contribution in [0.4, 0.5) is 0 Å². The first-order chi connectivity index (χ1) is 8.18. The normalized spacial score (nSPS) is 18.6. The minimum absolute atomic E-state index is 0.130. The molecule has 0 radical (unpaired) electrons. The Bertz CT molecular complexity index is 574. The molecule has 2 aromatic rings.